The summed E-state index contributed by atoms with van der Waals surface area (Å²) in [5.41, 5.74) is 0.390. The lowest BCUT2D eigenvalue weighted by Crippen LogP contribution is -2.40. The van der Waals surface area contributed by atoms with Crippen LogP contribution in [0.4, 0.5) is 8.78 Å². The van der Waals surface area contributed by atoms with Crippen molar-refractivity contribution in [2.24, 2.45) is 0 Å². The zero-order valence-corrected chi connectivity index (χ0v) is 22.0. The quantitative estimate of drug-likeness (QED) is 0.470. The van der Waals surface area contributed by atoms with Gasteiger partial charge in [0.25, 0.3) is 5.91 Å². The number of morpholine rings is 2. The van der Waals surface area contributed by atoms with Gasteiger partial charge < -0.3 is 24.8 Å². The number of carbonyl (C=O) groups excluding carboxylic acids is 1. The Morgan fingerprint density at radius 3 is 1.73 bits per heavy atom. The largest absolute Gasteiger partial charge is 0.478 e. The van der Waals surface area contributed by atoms with E-state index in [0.717, 1.165) is 35.9 Å². The average molecular weight is 688 g/mol. The van der Waals surface area contributed by atoms with E-state index >= 15 is 0 Å². The molecule has 2 aliphatic heterocycles. The number of benzene rings is 2. The molecule has 2 heterocycles. The number of nitrogens with zero attached hydrogens (tertiary/aromatic N) is 1. The number of ether oxygens (including phenoxy) is 2. The van der Waals surface area contributed by atoms with E-state index < -0.39 is 11.8 Å². The number of carboxylic acid groups (broad SMARTS) is 1. The number of aromatic carboxylic acids is 1. The second-order valence-electron chi connectivity index (χ2n) is 6.89. The van der Waals surface area contributed by atoms with Crippen molar-refractivity contribution in [2.75, 3.05) is 52.6 Å². The van der Waals surface area contributed by atoms with Gasteiger partial charge in [0.05, 0.1) is 32.0 Å². The molecule has 0 unspecified atom stereocenters. The molecule has 0 saturated carbocycles. The highest BCUT2D eigenvalue weighted by molar-refractivity contribution is 14.1. The first-order chi connectivity index (χ1) is 15.8. The fraction of sp³-hybridized carbons (Fsp3) is 0.364. The van der Waals surface area contributed by atoms with Crippen LogP contribution in [0.2, 0.25) is 0 Å². The molecule has 0 aromatic heterocycles. The Labute approximate surface area is 218 Å². The van der Waals surface area contributed by atoms with E-state index in [9.17, 15) is 18.4 Å². The van der Waals surface area contributed by atoms with Crippen molar-refractivity contribution in [3.8, 4) is 0 Å². The molecule has 11 heteroatoms. The van der Waals surface area contributed by atoms with Crippen LogP contribution in [-0.4, -0.2) is 74.5 Å². The highest BCUT2D eigenvalue weighted by Crippen LogP contribution is 2.14. The van der Waals surface area contributed by atoms with Gasteiger partial charge in [-0.05, 0) is 81.6 Å². The summed E-state index contributed by atoms with van der Waals surface area (Å²) in [5, 5.41) is 11.6. The predicted molar refractivity (Wildman–Crippen MR) is 136 cm³/mol. The SMILES string of the molecule is C1COCCN1.O=C(O)c1cc(F)cc(I)c1.O=C(c1cc(F)cc(I)c1)N1CCOCC1. The van der Waals surface area contributed by atoms with E-state index in [2.05, 4.69) is 5.32 Å². The standard InChI is InChI=1S/C11H11FINO2.C7H4FIO2.C4H9NO/c12-9-5-8(6-10(13)7-9)11(15)14-1-3-16-4-2-14;8-5-1-4(7(10)11)2-6(9)3-5;1-3-6-4-2-5-1/h5-7H,1-4H2;1-3H,(H,10,11);5H,1-4H2. The van der Waals surface area contributed by atoms with Crippen LogP contribution >= 0.6 is 45.2 Å². The summed E-state index contributed by atoms with van der Waals surface area (Å²) in [5.74, 6) is -2.12. The minimum Gasteiger partial charge on any atom is -0.478 e. The molecule has 2 fully saturated rings. The minimum absolute atomic E-state index is 0.0191. The number of amides is 1. The third-order valence-electron chi connectivity index (χ3n) is 4.36. The Balaban J connectivity index is 0.000000195. The topological polar surface area (TPSA) is 88.1 Å². The van der Waals surface area contributed by atoms with Gasteiger partial charge in [0.15, 0.2) is 0 Å². The smallest absolute Gasteiger partial charge is 0.335 e. The molecule has 4 rings (SSSR count). The lowest BCUT2D eigenvalue weighted by Gasteiger charge is -2.26. The van der Waals surface area contributed by atoms with Crippen molar-refractivity contribution in [3.05, 3.63) is 66.3 Å². The molecule has 0 radical (unpaired) electrons. The van der Waals surface area contributed by atoms with Crippen LogP contribution in [0.15, 0.2) is 36.4 Å². The molecule has 2 aromatic carbocycles. The number of hydrogen-bond acceptors (Lipinski definition) is 5. The van der Waals surface area contributed by atoms with Gasteiger partial charge in [-0.15, -0.1) is 0 Å². The molecule has 2 N–H and O–H groups in total. The monoisotopic (exact) mass is 688 g/mol. The zero-order valence-electron chi connectivity index (χ0n) is 17.7. The van der Waals surface area contributed by atoms with Gasteiger partial charge in [-0.1, -0.05) is 0 Å². The van der Waals surface area contributed by atoms with Gasteiger partial charge in [-0.2, -0.15) is 0 Å². The average Bonchev–Trinajstić information content (AvgIpc) is 2.80. The minimum atomic E-state index is -1.11. The highest BCUT2D eigenvalue weighted by atomic mass is 127. The number of nitrogens with one attached hydrogen (secondary N) is 1. The summed E-state index contributed by atoms with van der Waals surface area (Å²) in [4.78, 5) is 24.0. The van der Waals surface area contributed by atoms with E-state index in [-0.39, 0.29) is 17.3 Å². The molecule has 1 amide bonds. The molecular formula is C22H24F2I2N2O5. The number of carbonyl (C=O) groups is 2. The summed E-state index contributed by atoms with van der Waals surface area (Å²) in [6.45, 7) is 6.09. The van der Waals surface area contributed by atoms with Gasteiger partial charge in [0.1, 0.15) is 11.6 Å². The van der Waals surface area contributed by atoms with Crippen molar-refractivity contribution >= 4 is 57.1 Å². The first-order valence-corrected chi connectivity index (χ1v) is 12.2. The maximum absolute atomic E-state index is 13.2. The van der Waals surface area contributed by atoms with Crippen LogP contribution in [-0.2, 0) is 9.47 Å². The molecule has 0 bridgehead atoms. The van der Waals surface area contributed by atoms with Crippen molar-refractivity contribution in [2.45, 2.75) is 0 Å². The first kappa shape index (κ1) is 27.8. The number of rotatable bonds is 2. The van der Waals surface area contributed by atoms with Gasteiger partial charge in [0, 0.05) is 38.9 Å². The predicted octanol–water partition coefficient (Wildman–Crippen LogP) is 3.64. The van der Waals surface area contributed by atoms with Gasteiger partial charge >= 0.3 is 5.97 Å². The van der Waals surface area contributed by atoms with Crippen molar-refractivity contribution in [3.63, 3.8) is 0 Å². The first-order valence-electron chi connectivity index (χ1n) is 10.1. The second-order valence-corrected chi connectivity index (χ2v) is 9.38. The molecule has 2 aromatic rings. The van der Waals surface area contributed by atoms with Crippen LogP contribution in [0.25, 0.3) is 0 Å². The van der Waals surface area contributed by atoms with Gasteiger partial charge in [-0.25, -0.2) is 13.6 Å². The third-order valence-corrected chi connectivity index (χ3v) is 5.61. The normalized spacial score (nSPS) is 15.5. The molecule has 180 valence electrons. The van der Waals surface area contributed by atoms with Crippen LogP contribution in [0.5, 0.6) is 0 Å². The summed E-state index contributed by atoms with van der Waals surface area (Å²) >= 11 is 3.86. The molecule has 33 heavy (non-hydrogen) atoms. The Morgan fingerprint density at radius 2 is 1.30 bits per heavy atom. The summed E-state index contributed by atoms with van der Waals surface area (Å²) in [6.07, 6.45) is 0. The zero-order chi connectivity index (χ0) is 24.2. The maximum atomic E-state index is 13.2. The molecule has 7 nitrogen and oxygen atoms in total. The molecule has 2 saturated heterocycles. The number of carboxylic acids is 1. The van der Waals surface area contributed by atoms with E-state index in [1.807, 2.05) is 45.2 Å². The number of halogens is 4. The fourth-order valence-electron chi connectivity index (χ4n) is 2.82. The van der Waals surface area contributed by atoms with Gasteiger partial charge in [0.2, 0.25) is 0 Å². The molecule has 0 spiro atoms. The Bertz CT molecular complexity index is 887. The van der Waals surface area contributed by atoms with Crippen molar-refractivity contribution in [1.29, 1.82) is 0 Å². The van der Waals surface area contributed by atoms with Gasteiger partial charge in [-0.3, -0.25) is 4.79 Å². The molecule has 0 aliphatic carbocycles. The summed E-state index contributed by atoms with van der Waals surface area (Å²) in [6, 6.07) is 8.04. The van der Waals surface area contributed by atoms with Crippen molar-refractivity contribution < 1.29 is 33.0 Å². The summed E-state index contributed by atoms with van der Waals surface area (Å²) < 4.78 is 37.2. The van der Waals surface area contributed by atoms with Crippen LogP contribution in [0.1, 0.15) is 20.7 Å². The Hall–Kier alpha value is -1.42. The Kier molecular flexibility index (Phi) is 12.4. The molecule has 0 atom stereocenters. The lowest BCUT2D eigenvalue weighted by atomic mass is 10.2. The van der Waals surface area contributed by atoms with E-state index in [0.29, 0.717) is 35.4 Å². The lowest BCUT2D eigenvalue weighted by molar-refractivity contribution is 0.0302. The second kappa shape index (κ2) is 14.8. The fourth-order valence-corrected chi connectivity index (χ4v) is 4.09. The molecule has 2 aliphatic rings. The van der Waals surface area contributed by atoms with Crippen LogP contribution in [0, 0.1) is 18.8 Å². The number of hydrogen-bond donors (Lipinski definition) is 2. The van der Waals surface area contributed by atoms with Crippen molar-refractivity contribution in [1.82, 2.24) is 10.2 Å². The third kappa shape index (κ3) is 10.6. The van der Waals surface area contributed by atoms with Crippen LogP contribution < -0.4 is 5.32 Å². The highest BCUT2D eigenvalue weighted by Gasteiger charge is 2.19. The van der Waals surface area contributed by atoms with E-state index in [4.69, 9.17) is 14.6 Å². The summed E-state index contributed by atoms with van der Waals surface area (Å²) in [7, 11) is 0. The molecular weight excluding hydrogens is 664 g/mol. The van der Waals surface area contributed by atoms with Crippen LogP contribution in [0.3, 0.4) is 0 Å². The van der Waals surface area contributed by atoms with E-state index in [1.165, 1.54) is 24.3 Å². The maximum Gasteiger partial charge on any atom is 0.335 e. The Morgan fingerprint density at radius 1 is 0.818 bits per heavy atom. The van der Waals surface area contributed by atoms with E-state index in [1.54, 1.807) is 11.0 Å².